The van der Waals surface area contributed by atoms with E-state index in [9.17, 15) is 19.3 Å². The Morgan fingerprint density at radius 1 is 1.04 bits per heavy atom. The van der Waals surface area contributed by atoms with Crippen LogP contribution >= 0.6 is 26.6 Å². The zero-order chi connectivity index (χ0) is 34.9. The number of halogens is 1. The first-order chi connectivity index (χ1) is 22.4. The van der Waals surface area contributed by atoms with Gasteiger partial charge in [0.2, 0.25) is 12.7 Å². The van der Waals surface area contributed by atoms with Crippen LogP contribution in [0.15, 0.2) is 6.33 Å². The number of hydrogen-bond donors (Lipinski definition) is 3. The molecule has 270 valence electrons. The Morgan fingerprint density at radius 3 is 2.27 bits per heavy atom. The van der Waals surface area contributed by atoms with Crippen molar-refractivity contribution in [3.05, 3.63) is 11.6 Å². The Bertz CT molecular complexity index is 1580. The molecule has 9 atom stereocenters. The molecule has 16 heteroatoms. The normalized spacial score (nSPS) is 36.0. The maximum atomic E-state index is 14.0. The number of aliphatic hydroxyl groups is 2. The number of nitrogens with one attached hydrogen (secondary N) is 1. The zero-order valence-electron chi connectivity index (χ0n) is 29.1. The fraction of sp³-hybridized carbons (Fsp3) is 0.844. The van der Waals surface area contributed by atoms with Gasteiger partial charge in [-0.2, -0.15) is 9.97 Å². The quantitative estimate of drug-likeness (QED) is 0.135. The van der Waals surface area contributed by atoms with E-state index in [0.29, 0.717) is 22.9 Å². The summed E-state index contributed by atoms with van der Waals surface area (Å²) in [6.07, 6.45) is 3.03. The van der Waals surface area contributed by atoms with Crippen LogP contribution in [-0.4, -0.2) is 84.5 Å². The second kappa shape index (κ2) is 13.1. The van der Waals surface area contributed by atoms with Crippen molar-refractivity contribution in [2.45, 2.75) is 136 Å². The number of aromatic nitrogens is 4. The lowest BCUT2D eigenvalue weighted by molar-refractivity contribution is -0.0973. The maximum Gasteiger partial charge on any atom is 0.340 e. The van der Waals surface area contributed by atoms with Gasteiger partial charge in [0.1, 0.15) is 18.1 Å². The molecule has 0 aromatic carbocycles. The SMILES string of the molecule is CCOP(=O)(CC[C@H]1O[C@@H](n2cnc3c(NC45CC6C[C@@](C)(C4)C[C@](C)(C6)C5)nc(Cl)nc32)[C@H](O)[C@@H]1O)CP(=O)(OC(C)C)OC(C)C. The van der Waals surface area contributed by atoms with Gasteiger partial charge in [0.05, 0.1) is 31.2 Å². The van der Waals surface area contributed by atoms with E-state index in [1.165, 1.54) is 25.6 Å². The van der Waals surface area contributed by atoms with E-state index in [0.717, 1.165) is 19.3 Å². The Balaban J connectivity index is 1.20. The molecule has 5 aliphatic rings. The van der Waals surface area contributed by atoms with E-state index in [2.05, 4.69) is 34.1 Å². The molecule has 0 spiro atoms. The third-order valence-corrected chi connectivity index (χ3v) is 16.7. The highest BCUT2D eigenvalue weighted by Gasteiger charge is 2.60. The minimum Gasteiger partial charge on any atom is -0.388 e. The van der Waals surface area contributed by atoms with Crippen molar-refractivity contribution in [3.8, 4) is 0 Å². The summed E-state index contributed by atoms with van der Waals surface area (Å²) >= 11 is 6.50. The highest BCUT2D eigenvalue weighted by molar-refractivity contribution is 7.73. The van der Waals surface area contributed by atoms with Gasteiger partial charge in [0.25, 0.3) is 0 Å². The summed E-state index contributed by atoms with van der Waals surface area (Å²) < 4.78 is 52.3. The predicted octanol–water partition coefficient (Wildman–Crippen LogP) is 6.97. The molecule has 7 rings (SSSR count). The van der Waals surface area contributed by atoms with Crippen molar-refractivity contribution in [1.29, 1.82) is 0 Å². The second-order valence-corrected chi connectivity index (χ2v) is 21.5. The van der Waals surface area contributed by atoms with Gasteiger partial charge in [0, 0.05) is 11.7 Å². The molecule has 2 aromatic rings. The number of aliphatic hydroxyl groups excluding tert-OH is 2. The fourth-order valence-electron chi connectivity index (χ4n) is 9.93. The molecular formula is C32H52ClN5O8P2. The number of ether oxygens (including phenoxy) is 1. The van der Waals surface area contributed by atoms with Gasteiger partial charge >= 0.3 is 7.60 Å². The van der Waals surface area contributed by atoms with Crippen LogP contribution in [0.25, 0.3) is 11.2 Å². The number of anilines is 1. The summed E-state index contributed by atoms with van der Waals surface area (Å²) in [6, 6.07) is 0. The number of hydrogen-bond acceptors (Lipinski definition) is 12. The number of nitrogens with zero attached hydrogens (tertiary/aromatic N) is 4. The van der Waals surface area contributed by atoms with Gasteiger partial charge in [-0.25, -0.2) is 4.98 Å². The lowest BCUT2D eigenvalue weighted by atomic mass is 9.43. The first-order valence-corrected chi connectivity index (χ1v) is 21.3. The van der Waals surface area contributed by atoms with Crippen LogP contribution in [0.2, 0.25) is 5.28 Å². The molecule has 0 amide bonds. The summed E-state index contributed by atoms with van der Waals surface area (Å²) in [4.78, 5) is 13.7. The molecule has 13 nitrogen and oxygen atoms in total. The van der Waals surface area contributed by atoms with E-state index >= 15 is 0 Å². The van der Waals surface area contributed by atoms with Crippen molar-refractivity contribution in [1.82, 2.24) is 19.5 Å². The van der Waals surface area contributed by atoms with E-state index in [1.807, 2.05) is 0 Å². The summed E-state index contributed by atoms with van der Waals surface area (Å²) in [5, 5.41) is 26.1. The van der Waals surface area contributed by atoms with Crippen LogP contribution in [0, 0.1) is 16.7 Å². The van der Waals surface area contributed by atoms with Crippen molar-refractivity contribution in [2.24, 2.45) is 16.7 Å². The third-order valence-electron chi connectivity index (χ3n) is 10.3. The average molecular weight is 732 g/mol. The van der Waals surface area contributed by atoms with Crippen molar-refractivity contribution < 1.29 is 37.7 Å². The highest BCUT2D eigenvalue weighted by atomic mass is 35.5. The topological polar surface area (TPSA) is 167 Å². The standard InChI is InChI=1S/C32H52ClN5O8P2/c1-8-43-47(41,18-48(42,45-19(2)3)46-20(4)5)10-9-22-24(39)25(40)28(44-22)38-17-34-23-26(35-29(33)36-27(23)38)37-32-13-21-11-30(6,15-32)14-31(7,12-21)16-32/h17,19-22,24-25,28,39-40H,8-16,18H2,1-7H3,(H,35,36,37)/t21?,22-,24-,25-,28-,30-,31+,32?,47?/m1/s1. The average Bonchev–Trinajstić information content (AvgIpc) is 3.44. The molecule has 4 saturated carbocycles. The van der Waals surface area contributed by atoms with E-state index in [4.69, 9.17) is 29.9 Å². The Morgan fingerprint density at radius 2 is 1.69 bits per heavy atom. The highest BCUT2D eigenvalue weighted by Crippen LogP contribution is 2.67. The largest absolute Gasteiger partial charge is 0.388 e. The summed E-state index contributed by atoms with van der Waals surface area (Å²) in [6.45, 7) is 13.6. The molecule has 3 heterocycles. The van der Waals surface area contributed by atoms with Gasteiger partial charge in [0.15, 0.2) is 23.2 Å². The monoisotopic (exact) mass is 731 g/mol. The predicted molar refractivity (Wildman–Crippen MR) is 184 cm³/mol. The lowest BCUT2D eigenvalue weighted by Crippen LogP contribution is -2.61. The zero-order valence-corrected chi connectivity index (χ0v) is 31.6. The number of imidazole rings is 1. The van der Waals surface area contributed by atoms with E-state index in [1.54, 1.807) is 39.2 Å². The Kier molecular flexibility index (Phi) is 10.0. The molecule has 5 fully saturated rings. The van der Waals surface area contributed by atoms with Crippen LogP contribution in [0.1, 0.15) is 99.6 Å². The molecule has 1 saturated heterocycles. The van der Waals surface area contributed by atoms with E-state index in [-0.39, 0.29) is 40.8 Å². The van der Waals surface area contributed by atoms with Gasteiger partial charge in [-0.15, -0.1) is 0 Å². The van der Waals surface area contributed by atoms with Crippen molar-refractivity contribution in [2.75, 3.05) is 24.0 Å². The van der Waals surface area contributed by atoms with Crippen LogP contribution in [0.5, 0.6) is 0 Å². The molecule has 3 unspecified atom stereocenters. The van der Waals surface area contributed by atoms with E-state index < -0.39 is 57.6 Å². The van der Waals surface area contributed by atoms with Crippen LogP contribution in [-0.2, 0) is 27.4 Å². The molecule has 0 radical (unpaired) electrons. The molecule has 3 N–H and O–H groups in total. The van der Waals surface area contributed by atoms with Crippen molar-refractivity contribution >= 4 is 43.5 Å². The molecule has 4 bridgehead atoms. The summed E-state index contributed by atoms with van der Waals surface area (Å²) in [7, 11) is -7.35. The first kappa shape index (κ1) is 36.6. The van der Waals surface area contributed by atoms with Crippen LogP contribution in [0.3, 0.4) is 0 Å². The van der Waals surface area contributed by atoms with Gasteiger partial charge < -0.3 is 33.8 Å². The first-order valence-electron chi connectivity index (χ1n) is 17.2. The molecule has 2 aromatic heterocycles. The smallest absolute Gasteiger partial charge is 0.340 e. The molecule has 1 aliphatic heterocycles. The number of rotatable bonds is 14. The maximum absolute atomic E-state index is 14.0. The van der Waals surface area contributed by atoms with Gasteiger partial charge in [-0.1, -0.05) is 13.8 Å². The minimum absolute atomic E-state index is 0.0350. The second-order valence-electron chi connectivity index (χ2n) is 16.1. The third kappa shape index (κ3) is 7.42. The summed E-state index contributed by atoms with van der Waals surface area (Å²) in [5.41, 5.74) is 1.34. The molecule has 4 aliphatic carbocycles. The number of fused-ring (bicyclic) bond motifs is 1. The van der Waals surface area contributed by atoms with Crippen molar-refractivity contribution in [3.63, 3.8) is 0 Å². The molecular weight excluding hydrogens is 680 g/mol. The van der Waals surface area contributed by atoms with Gasteiger partial charge in [-0.3, -0.25) is 13.7 Å². The summed E-state index contributed by atoms with van der Waals surface area (Å²) in [5.74, 6) is 0.818. The Labute approximate surface area is 288 Å². The van der Waals surface area contributed by atoms with Crippen LogP contribution < -0.4 is 5.32 Å². The Hall–Kier alpha value is -1.14. The minimum atomic E-state index is -3.78. The molecule has 48 heavy (non-hydrogen) atoms. The van der Waals surface area contributed by atoms with Gasteiger partial charge in [-0.05, 0) is 108 Å². The fourth-order valence-corrected chi connectivity index (χ4v) is 16.2. The lowest BCUT2D eigenvalue weighted by Gasteiger charge is -2.65. The van der Waals surface area contributed by atoms with Crippen LogP contribution in [0.4, 0.5) is 5.82 Å².